The van der Waals surface area contributed by atoms with Gasteiger partial charge in [-0.3, -0.25) is 14.3 Å². The average Bonchev–Trinajstić information content (AvgIpc) is 3.41. The Morgan fingerprint density at radius 2 is 1.83 bits per heavy atom. The summed E-state index contributed by atoms with van der Waals surface area (Å²) in [5.74, 6) is 0.549. The molecular formula is C22H26ClN7O5. The van der Waals surface area contributed by atoms with Gasteiger partial charge in [0.1, 0.15) is 24.6 Å². The number of imidazole rings is 1. The minimum absolute atomic E-state index is 0.0950. The van der Waals surface area contributed by atoms with Crippen molar-refractivity contribution in [3.05, 3.63) is 41.9 Å². The molecule has 4 heterocycles. The number of ether oxygens (including phenoxy) is 1. The predicted octanol–water partition coefficient (Wildman–Crippen LogP) is -0.148. The van der Waals surface area contributed by atoms with Gasteiger partial charge in [0, 0.05) is 36.9 Å². The van der Waals surface area contributed by atoms with Gasteiger partial charge < -0.3 is 30.3 Å². The first-order valence-corrected chi connectivity index (χ1v) is 11.6. The third-order valence-electron chi connectivity index (χ3n) is 6.30. The Morgan fingerprint density at radius 1 is 1.09 bits per heavy atom. The summed E-state index contributed by atoms with van der Waals surface area (Å²) in [4.78, 5) is 29.7. The molecule has 0 bridgehead atoms. The van der Waals surface area contributed by atoms with Crippen molar-refractivity contribution < 1.29 is 24.9 Å². The third kappa shape index (κ3) is 4.81. The number of aliphatic hydroxyl groups excluding tert-OH is 3. The van der Waals surface area contributed by atoms with E-state index in [0.29, 0.717) is 53.9 Å². The quantitative estimate of drug-likeness (QED) is 0.358. The molecule has 2 aliphatic rings. The minimum atomic E-state index is -1.23. The van der Waals surface area contributed by atoms with Crippen molar-refractivity contribution in [2.24, 2.45) is 0 Å². The molecule has 2 fully saturated rings. The molecule has 1 amide bonds. The highest BCUT2D eigenvalue weighted by molar-refractivity contribution is 6.30. The molecule has 4 atom stereocenters. The highest BCUT2D eigenvalue weighted by Crippen LogP contribution is 2.32. The van der Waals surface area contributed by atoms with Crippen LogP contribution in [-0.4, -0.2) is 103 Å². The molecule has 35 heavy (non-hydrogen) atoms. The smallest absolute Gasteiger partial charge is 0.238 e. The number of anilines is 2. The number of rotatable bonds is 6. The van der Waals surface area contributed by atoms with E-state index in [1.54, 1.807) is 28.8 Å². The molecule has 5 rings (SSSR count). The number of halogens is 1. The van der Waals surface area contributed by atoms with E-state index in [9.17, 15) is 20.1 Å². The Bertz CT molecular complexity index is 1180. The molecule has 0 radical (unpaired) electrons. The van der Waals surface area contributed by atoms with Crippen LogP contribution in [0.15, 0.2) is 36.9 Å². The highest BCUT2D eigenvalue weighted by atomic mass is 35.5. The van der Waals surface area contributed by atoms with Crippen molar-refractivity contribution >= 4 is 40.2 Å². The summed E-state index contributed by atoms with van der Waals surface area (Å²) < 4.78 is 7.16. The number of amides is 1. The maximum atomic E-state index is 12.4. The molecule has 0 spiro atoms. The zero-order chi connectivity index (χ0) is 24.5. The first kappa shape index (κ1) is 23.9. The fourth-order valence-corrected chi connectivity index (χ4v) is 4.55. The van der Waals surface area contributed by atoms with E-state index in [2.05, 4.69) is 30.1 Å². The largest absolute Gasteiger partial charge is 0.394 e. The SMILES string of the molecule is O=C(CN1CCN(c2ncnc3c2ncn3[C@@H]2O[C@H](CO)[C@@H](O)[C@H]2O)CC1)Nc1ccc(Cl)cc1. The van der Waals surface area contributed by atoms with Crippen LogP contribution in [0.3, 0.4) is 0 Å². The topological polar surface area (TPSA) is 149 Å². The van der Waals surface area contributed by atoms with Crippen molar-refractivity contribution in [3.8, 4) is 0 Å². The van der Waals surface area contributed by atoms with Gasteiger partial charge in [0.25, 0.3) is 0 Å². The van der Waals surface area contributed by atoms with Gasteiger partial charge >= 0.3 is 0 Å². The second-order valence-electron chi connectivity index (χ2n) is 8.57. The molecule has 2 saturated heterocycles. The lowest BCUT2D eigenvalue weighted by Crippen LogP contribution is -2.49. The number of nitrogens with one attached hydrogen (secondary N) is 1. The fraction of sp³-hybridized carbons (Fsp3) is 0.455. The Hall–Kier alpha value is -2.87. The molecule has 0 aliphatic carbocycles. The summed E-state index contributed by atoms with van der Waals surface area (Å²) >= 11 is 5.89. The Morgan fingerprint density at radius 3 is 2.51 bits per heavy atom. The van der Waals surface area contributed by atoms with Crippen LogP contribution in [-0.2, 0) is 9.53 Å². The van der Waals surface area contributed by atoms with Crippen LogP contribution < -0.4 is 10.2 Å². The second-order valence-corrected chi connectivity index (χ2v) is 9.00. The lowest BCUT2D eigenvalue weighted by molar-refractivity contribution is -0.117. The number of carbonyl (C=O) groups is 1. The summed E-state index contributed by atoms with van der Waals surface area (Å²) in [5, 5.41) is 33.3. The van der Waals surface area contributed by atoms with E-state index in [1.807, 2.05) is 0 Å². The van der Waals surface area contributed by atoms with Gasteiger partial charge in [-0.1, -0.05) is 11.6 Å². The zero-order valence-corrected chi connectivity index (χ0v) is 19.5. The van der Waals surface area contributed by atoms with Crippen LogP contribution in [0.5, 0.6) is 0 Å². The van der Waals surface area contributed by atoms with Gasteiger partial charge in [0.15, 0.2) is 23.2 Å². The number of aromatic nitrogens is 4. The van der Waals surface area contributed by atoms with Crippen molar-refractivity contribution in [2.45, 2.75) is 24.5 Å². The van der Waals surface area contributed by atoms with Gasteiger partial charge in [-0.2, -0.15) is 0 Å². The fourth-order valence-electron chi connectivity index (χ4n) is 4.42. The van der Waals surface area contributed by atoms with Crippen LogP contribution in [0.4, 0.5) is 11.5 Å². The van der Waals surface area contributed by atoms with Crippen molar-refractivity contribution in [1.29, 1.82) is 0 Å². The van der Waals surface area contributed by atoms with E-state index < -0.39 is 31.1 Å². The first-order chi connectivity index (χ1) is 16.9. The molecule has 4 N–H and O–H groups in total. The molecule has 3 aromatic rings. The van der Waals surface area contributed by atoms with E-state index in [4.69, 9.17) is 16.3 Å². The average molecular weight is 504 g/mol. The standard InChI is InChI=1S/C22H26ClN7O5/c23-13-1-3-14(4-2-13)27-16(32)9-28-5-7-29(8-6-28)20-17-21(25-11-24-20)30(12-26-17)22-19(34)18(33)15(10-31)35-22/h1-4,11-12,15,18-19,22,31,33-34H,5-10H2,(H,27,32)/t15-,18-,19-,22-/m1/s1. The van der Waals surface area contributed by atoms with Gasteiger partial charge in [-0.25, -0.2) is 15.0 Å². The normalized spacial score (nSPS) is 25.3. The van der Waals surface area contributed by atoms with Crippen LogP contribution in [0.1, 0.15) is 6.23 Å². The number of hydrogen-bond donors (Lipinski definition) is 4. The zero-order valence-electron chi connectivity index (χ0n) is 18.7. The molecule has 186 valence electrons. The van der Waals surface area contributed by atoms with Gasteiger partial charge in [-0.05, 0) is 24.3 Å². The molecule has 0 unspecified atom stereocenters. The molecule has 0 saturated carbocycles. The number of fused-ring (bicyclic) bond motifs is 1. The van der Waals surface area contributed by atoms with E-state index in [-0.39, 0.29) is 12.5 Å². The number of benzene rings is 1. The van der Waals surface area contributed by atoms with Crippen molar-refractivity contribution in [3.63, 3.8) is 0 Å². The van der Waals surface area contributed by atoms with Crippen LogP contribution in [0, 0.1) is 0 Å². The Kier molecular flexibility index (Phi) is 6.82. The maximum absolute atomic E-state index is 12.4. The van der Waals surface area contributed by atoms with Crippen LogP contribution in [0.25, 0.3) is 11.2 Å². The van der Waals surface area contributed by atoms with Crippen molar-refractivity contribution in [1.82, 2.24) is 24.4 Å². The van der Waals surface area contributed by atoms with Gasteiger partial charge in [0.2, 0.25) is 5.91 Å². The second kappa shape index (κ2) is 10.0. The third-order valence-corrected chi connectivity index (χ3v) is 6.55. The van der Waals surface area contributed by atoms with Crippen LogP contribution >= 0.6 is 11.6 Å². The van der Waals surface area contributed by atoms with E-state index >= 15 is 0 Å². The molecule has 12 nitrogen and oxygen atoms in total. The van der Waals surface area contributed by atoms with Crippen LogP contribution in [0.2, 0.25) is 5.02 Å². The molecule has 2 aliphatic heterocycles. The first-order valence-electron chi connectivity index (χ1n) is 11.3. The molecule has 13 heteroatoms. The maximum Gasteiger partial charge on any atom is 0.238 e. The number of piperazine rings is 1. The highest BCUT2D eigenvalue weighted by Gasteiger charge is 2.44. The Labute approximate surface area is 205 Å². The predicted molar refractivity (Wildman–Crippen MR) is 127 cm³/mol. The monoisotopic (exact) mass is 503 g/mol. The lowest BCUT2D eigenvalue weighted by atomic mass is 10.1. The molecule has 2 aromatic heterocycles. The number of aliphatic hydroxyl groups is 3. The van der Waals surface area contributed by atoms with E-state index in [1.165, 1.54) is 12.7 Å². The summed E-state index contributed by atoms with van der Waals surface area (Å²) in [7, 11) is 0. The van der Waals surface area contributed by atoms with Gasteiger partial charge in [-0.15, -0.1) is 0 Å². The van der Waals surface area contributed by atoms with E-state index in [0.717, 1.165) is 0 Å². The summed E-state index contributed by atoms with van der Waals surface area (Å²) in [6.07, 6.45) is -1.35. The van der Waals surface area contributed by atoms with Crippen molar-refractivity contribution in [2.75, 3.05) is 49.5 Å². The minimum Gasteiger partial charge on any atom is -0.394 e. The molecular weight excluding hydrogens is 478 g/mol. The number of hydrogen-bond acceptors (Lipinski definition) is 10. The molecule has 1 aromatic carbocycles. The Balaban J connectivity index is 1.23. The van der Waals surface area contributed by atoms with Gasteiger partial charge in [0.05, 0.1) is 19.5 Å². The summed E-state index contributed by atoms with van der Waals surface area (Å²) in [5.41, 5.74) is 1.69. The number of nitrogens with zero attached hydrogens (tertiary/aromatic N) is 6. The lowest BCUT2D eigenvalue weighted by Gasteiger charge is -2.34. The summed E-state index contributed by atoms with van der Waals surface area (Å²) in [6, 6.07) is 6.98. The summed E-state index contributed by atoms with van der Waals surface area (Å²) in [6.45, 7) is 2.46. The number of carbonyl (C=O) groups excluding carboxylic acids is 1.